The normalized spacial score (nSPS) is 29.3. The highest BCUT2D eigenvalue weighted by Gasteiger charge is 2.58. The number of amides is 1. The Labute approximate surface area is 141 Å². The van der Waals surface area contributed by atoms with Gasteiger partial charge in [0.15, 0.2) is 0 Å². The number of ether oxygens (including phenoxy) is 1. The molecule has 0 aromatic heterocycles. The van der Waals surface area contributed by atoms with Crippen molar-refractivity contribution in [3.8, 4) is 6.07 Å². The first-order valence-corrected chi connectivity index (χ1v) is 8.68. The summed E-state index contributed by atoms with van der Waals surface area (Å²) in [6.45, 7) is 1.30. The fourth-order valence-corrected chi connectivity index (χ4v) is 4.35. The van der Waals surface area contributed by atoms with E-state index in [4.69, 9.17) is 10.00 Å². The molecule has 5 nitrogen and oxygen atoms in total. The van der Waals surface area contributed by atoms with Crippen molar-refractivity contribution in [3.63, 3.8) is 0 Å². The van der Waals surface area contributed by atoms with Crippen LogP contribution in [0.3, 0.4) is 0 Å². The Morgan fingerprint density at radius 1 is 1.29 bits per heavy atom. The maximum absolute atomic E-state index is 13.0. The number of aliphatic hydroxyl groups is 1. The third kappa shape index (κ3) is 2.25. The predicted molar refractivity (Wildman–Crippen MR) is 87.1 cm³/mol. The molecule has 1 amide bonds. The van der Waals surface area contributed by atoms with Crippen LogP contribution in [-0.4, -0.2) is 36.4 Å². The molecule has 1 aromatic rings. The number of nitrogens with one attached hydrogen (secondary N) is 1. The van der Waals surface area contributed by atoms with E-state index in [2.05, 4.69) is 11.4 Å². The molecule has 3 aliphatic rings. The third-order valence-electron chi connectivity index (χ3n) is 6.27. The zero-order valence-corrected chi connectivity index (χ0v) is 13.6. The molecule has 0 bridgehead atoms. The Morgan fingerprint density at radius 2 is 2.04 bits per heavy atom. The molecule has 1 heterocycles. The number of carbonyl (C=O) groups excluding carboxylic acids is 1. The van der Waals surface area contributed by atoms with Crippen LogP contribution in [0.25, 0.3) is 0 Å². The summed E-state index contributed by atoms with van der Waals surface area (Å²) < 4.78 is 5.42. The van der Waals surface area contributed by atoms with E-state index in [1.165, 1.54) is 0 Å². The van der Waals surface area contributed by atoms with Crippen molar-refractivity contribution in [2.24, 2.45) is 5.41 Å². The summed E-state index contributed by atoms with van der Waals surface area (Å²) in [6.07, 6.45) is 3.52. The highest BCUT2D eigenvalue weighted by molar-refractivity contribution is 5.91. The van der Waals surface area contributed by atoms with E-state index in [0.717, 1.165) is 31.2 Å². The molecule has 4 rings (SSSR count). The quantitative estimate of drug-likeness (QED) is 0.884. The van der Waals surface area contributed by atoms with Gasteiger partial charge in [-0.3, -0.25) is 4.79 Å². The van der Waals surface area contributed by atoms with Gasteiger partial charge in [-0.1, -0.05) is 12.1 Å². The molecule has 126 valence electrons. The second-order valence-electron chi connectivity index (χ2n) is 7.40. The topological polar surface area (TPSA) is 82.4 Å². The van der Waals surface area contributed by atoms with E-state index in [1.54, 1.807) is 6.07 Å². The van der Waals surface area contributed by atoms with Crippen LogP contribution >= 0.6 is 0 Å². The number of carbonyl (C=O) groups is 1. The van der Waals surface area contributed by atoms with E-state index in [0.29, 0.717) is 25.2 Å². The monoisotopic (exact) mass is 326 g/mol. The van der Waals surface area contributed by atoms with Gasteiger partial charge in [0, 0.05) is 24.7 Å². The second kappa shape index (κ2) is 5.58. The summed E-state index contributed by atoms with van der Waals surface area (Å²) in [4.78, 5) is 13.0. The molecule has 1 saturated heterocycles. The molecular weight excluding hydrogens is 304 g/mol. The van der Waals surface area contributed by atoms with E-state index in [-0.39, 0.29) is 23.5 Å². The summed E-state index contributed by atoms with van der Waals surface area (Å²) in [5.41, 5.74) is 0.824. The molecule has 2 atom stereocenters. The zero-order chi connectivity index (χ0) is 16.8. The molecule has 2 aliphatic carbocycles. The Balaban J connectivity index is 1.51. The Morgan fingerprint density at radius 3 is 2.67 bits per heavy atom. The summed E-state index contributed by atoms with van der Waals surface area (Å²) >= 11 is 0. The number of hydrogen-bond donors (Lipinski definition) is 2. The molecule has 1 aliphatic heterocycles. The van der Waals surface area contributed by atoms with Crippen molar-refractivity contribution < 1.29 is 14.6 Å². The molecule has 1 aromatic carbocycles. The van der Waals surface area contributed by atoms with Gasteiger partial charge in [0.05, 0.1) is 23.2 Å². The highest BCUT2D eigenvalue weighted by Crippen LogP contribution is 2.52. The predicted octanol–water partition coefficient (Wildman–Crippen LogP) is 1.64. The van der Waals surface area contributed by atoms with Gasteiger partial charge in [0.2, 0.25) is 5.91 Å². The van der Waals surface area contributed by atoms with Crippen LogP contribution in [0.1, 0.15) is 43.2 Å². The Bertz CT molecular complexity index is 699. The molecule has 0 unspecified atom stereocenters. The van der Waals surface area contributed by atoms with Crippen molar-refractivity contribution in [2.75, 3.05) is 13.2 Å². The van der Waals surface area contributed by atoms with Crippen molar-refractivity contribution in [1.82, 2.24) is 5.32 Å². The summed E-state index contributed by atoms with van der Waals surface area (Å²) in [7, 11) is 0. The van der Waals surface area contributed by atoms with Gasteiger partial charge in [-0.15, -0.1) is 0 Å². The second-order valence-corrected chi connectivity index (χ2v) is 7.40. The first-order valence-electron chi connectivity index (χ1n) is 8.68. The largest absolute Gasteiger partial charge is 0.392 e. The average molecular weight is 326 g/mol. The lowest BCUT2D eigenvalue weighted by Crippen LogP contribution is -2.66. The molecule has 24 heavy (non-hydrogen) atoms. The van der Waals surface area contributed by atoms with E-state index in [9.17, 15) is 9.90 Å². The summed E-state index contributed by atoms with van der Waals surface area (Å²) in [5.74, 6) is 0.0420. The molecule has 5 heteroatoms. The molecule has 0 radical (unpaired) electrons. The van der Waals surface area contributed by atoms with Gasteiger partial charge in [0.1, 0.15) is 0 Å². The van der Waals surface area contributed by atoms with Gasteiger partial charge >= 0.3 is 0 Å². The lowest BCUT2D eigenvalue weighted by atomic mass is 9.57. The zero-order valence-electron chi connectivity index (χ0n) is 13.6. The van der Waals surface area contributed by atoms with Crippen LogP contribution in [-0.2, 0) is 14.9 Å². The fourth-order valence-electron chi connectivity index (χ4n) is 4.35. The minimum absolute atomic E-state index is 0.0283. The lowest BCUT2D eigenvalue weighted by Gasteiger charge is -2.55. The van der Waals surface area contributed by atoms with E-state index < -0.39 is 5.41 Å². The Kier molecular flexibility index (Phi) is 3.63. The van der Waals surface area contributed by atoms with Crippen molar-refractivity contribution in [3.05, 3.63) is 35.4 Å². The average Bonchev–Trinajstić information content (AvgIpc) is 3.44. The van der Waals surface area contributed by atoms with Crippen molar-refractivity contribution in [2.45, 2.75) is 49.7 Å². The van der Waals surface area contributed by atoms with Crippen molar-refractivity contribution >= 4 is 5.91 Å². The van der Waals surface area contributed by atoms with Crippen LogP contribution < -0.4 is 5.32 Å². The van der Waals surface area contributed by atoms with Gasteiger partial charge in [-0.2, -0.15) is 5.26 Å². The third-order valence-corrected chi connectivity index (χ3v) is 6.27. The summed E-state index contributed by atoms with van der Waals surface area (Å²) in [6, 6.07) is 9.54. The van der Waals surface area contributed by atoms with Crippen LogP contribution in [0, 0.1) is 16.7 Å². The molecule has 2 saturated carbocycles. The first kappa shape index (κ1) is 15.6. The minimum atomic E-state index is -0.486. The lowest BCUT2D eigenvalue weighted by molar-refractivity contribution is -0.157. The molecule has 2 N–H and O–H groups in total. The van der Waals surface area contributed by atoms with Crippen LogP contribution in [0.4, 0.5) is 0 Å². The van der Waals surface area contributed by atoms with Crippen LogP contribution in [0.15, 0.2) is 24.3 Å². The molecule has 3 fully saturated rings. The first-order chi connectivity index (χ1) is 11.6. The SMILES string of the molecule is N#Cc1cccc(C2(C(=O)N[C@@H]3C[C@@H](O)C34CCOCC4)CC2)c1. The van der Waals surface area contributed by atoms with Gasteiger partial charge < -0.3 is 15.2 Å². The standard InChI is InChI=1S/C19H22N2O3/c20-12-13-2-1-3-14(10-13)18(4-5-18)17(23)21-15-11-16(22)19(15)6-8-24-9-7-19/h1-3,10,15-16,22H,4-9,11H2,(H,21,23)/t15-,16-/m1/s1. The number of nitrogens with zero attached hydrogens (tertiary/aromatic N) is 1. The molecular formula is C19H22N2O3. The number of rotatable bonds is 3. The van der Waals surface area contributed by atoms with Gasteiger partial charge in [-0.05, 0) is 49.8 Å². The number of hydrogen-bond acceptors (Lipinski definition) is 4. The van der Waals surface area contributed by atoms with E-state index in [1.807, 2.05) is 18.2 Å². The van der Waals surface area contributed by atoms with Crippen LogP contribution in [0.2, 0.25) is 0 Å². The Hall–Kier alpha value is -1.90. The molecule has 1 spiro atoms. The minimum Gasteiger partial charge on any atom is -0.392 e. The number of aliphatic hydroxyl groups excluding tert-OH is 1. The smallest absolute Gasteiger partial charge is 0.230 e. The van der Waals surface area contributed by atoms with Gasteiger partial charge in [-0.25, -0.2) is 0 Å². The maximum atomic E-state index is 13.0. The maximum Gasteiger partial charge on any atom is 0.230 e. The highest BCUT2D eigenvalue weighted by atomic mass is 16.5. The van der Waals surface area contributed by atoms with Crippen LogP contribution in [0.5, 0.6) is 0 Å². The fraction of sp³-hybridized carbons (Fsp3) is 0.579. The number of nitriles is 1. The summed E-state index contributed by atoms with van der Waals surface area (Å²) in [5, 5.41) is 22.6. The van der Waals surface area contributed by atoms with Gasteiger partial charge in [0.25, 0.3) is 0 Å². The van der Waals surface area contributed by atoms with E-state index >= 15 is 0 Å². The number of benzene rings is 1. The van der Waals surface area contributed by atoms with Crippen molar-refractivity contribution in [1.29, 1.82) is 5.26 Å².